The molecule has 1 N–H and O–H groups in total. The van der Waals surface area contributed by atoms with Crippen molar-refractivity contribution in [3.63, 3.8) is 0 Å². The highest BCUT2D eigenvalue weighted by Gasteiger charge is 2.10. The van der Waals surface area contributed by atoms with Gasteiger partial charge in [-0.2, -0.15) is 0 Å². The molecule has 0 unspecified atom stereocenters. The van der Waals surface area contributed by atoms with E-state index in [1.165, 1.54) is 18.4 Å². The van der Waals surface area contributed by atoms with Crippen molar-refractivity contribution >= 4 is 28.9 Å². The molecule has 3 aromatic rings. The zero-order valence-electron chi connectivity index (χ0n) is 12.9. The number of carbonyl (C=O) groups excluding carboxylic acids is 2. The van der Waals surface area contributed by atoms with E-state index in [-0.39, 0.29) is 12.3 Å². The number of aromatic nitrogens is 2. The van der Waals surface area contributed by atoms with Crippen molar-refractivity contribution in [1.29, 1.82) is 0 Å². The Kier molecular flexibility index (Phi) is 4.72. The van der Waals surface area contributed by atoms with Gasteiger partial charge < -0.3 is 14.6 Å². The molecule has 1 aromatic carbocycles. The number of thiazole rings is 1. The number of nitrogens with zero attached hydrogens (tertiary/aromatic N) is 2. The fourth-order valence-electron chi connectivity index (χ4n) is 2.13. The molecule has 0 saturated carbocycles. The predicted octanol–water partition coefficient (Wildman–Crippen LogP) is 2.90. The molecule has 1 amide bonds. The SMILES string of the molecule is COC(=O)c1ccc(NC(=O)Cc2cnc(-n3cccc3)s2)cc1. The van der Waals surface area contributed by atoms with Crippen molar-refractivity contribution in [2.45, 2.75) is 6.42 Å². The Balaban J connectivity index is 1.60. The Morgan fingerprint density at radius 3 is 2.58 bits per heavy atom. The molecule has 24 heavy (non-hydrogen) atoms. The maximum atomic E-state index is 12.1. The van der Waals surface area contributed by atoms with Gasteiger partial charge in [0.1, 0.15) is 0 Å². The molecule has 122 valence electrons. The molecule has 0 bridgehead atoms. The topological polar surface area (TPSA) is 73.2 Å². The summed E-state index contributed by atoms with van der Waals surface area (Å²) in [5.74, 6) is -0.543. The number of hydrogen-bond acceptors (Lipinski definition) is 5. The quantitative estimate of drug-likeness (QED) is 0.724. The van der Waals surface area contributed by atoms with E-state index in [1.54, 1.807) is 30.5 Å². The van der Waals surface area contributed by atoms with Gasteiger partial charge in [-0.3, -0.25) is 4.79 Å². The lowest BCUT2D eigenvalue weighted by Gasteiger charge is -2.05. The number of methoxy groups -OCH3 is 1. The molecule has 2 aromatic heterocycles. The summed E-state index contributed by atoms with van der Waals surface area (Å²) in [5, 5.41) is 3.62. The number of carbonyl (C=O) groups is 2. The highest BCUT2D eigenvalue weighted by molar-refractivity contribution is 7.14. The van der Waals surface area contributed by atoms with E-state index in [0.29, 0.717) is 11.3 Å². The number of rotatable bonds is 5. The Morgan fingerprint density at radius 2 is 1.92 bits per heavy atom. The van der Waals surface area contributed by atoms with E-state index in [0.717, 1.165) is 10.0 Å². The molecule has 0 fully saturated rings. The first-order chi connectivity index (χ1) is 11.7. The molecular weight excluding hydrogens is 326 g/mol. The molecule has 0 atom stereocenters. The largest absolute Gasteiger partial charge is 0.465 e. The molecule has 6 nitrogen and oxygen atoms in total. The normalized spacial score (nSPS) is 10.4. The van der Waals surface area contributed by atoms with Gasteiger partial charge >= 0.3 is 5.97 Å². The van der Waals surface area contributed by atoms with E-state index in [9.17, 15) is 9.59 Å². The third-order valence-corrected chi connectivity index (χ3v) is 4.30. The summed E-state index contributed by atoms with van der Waals surface area (Å²) in [7, 11) is 1.33. The Morgan fingerprint density at radius 1 is 1.21 bits per heavy atom. The maximum absolute atomic E-state index is 12.1. The van der Waals surface area contributed by atoms with Crippen LogP contribution >= 0.6 is 11.3 Å². The van der Waals surface area contributed by atoms with Crippen LogP contribution in [0.15, 0.2) is 55.0 Å². The molecule has 0 spiro atoms. The fourth-order valence-corrected chi connectivity index (χ4v) is 3.01. The standard InChI is InChI=1S/C17H15N3O3S/c1-23-16(22)12-4-6-13(7-5-12)19-15(21)10-14-11-18-17(24-14)20-8-2-3-9-20/h2-9,11H,10H2,1H3,(H,19,21). The lowest BCUT2D eigenvalue weighted by atomic mass is 10.2. The molecule has 7 heteroatoms. The van der Waals surface area contributed by atoms with Crippen molar-refractivity contribution in [3.8, 4) is 5.13 Å². The summed E-state index contributed by atoms with van der Waals surface area (Å²) >= 11 is 1.47. The van der Waals surface area contributed by atoms with Gasteiger partial charge in [-0.05, 0) is 36.4 Å². The molecule has 2 heterocycles. The lowest BCUT2D eigenvalue weighted by molar-refractivity contribution is -0.115. The number of benzene rings is 1. The highest BCUT2D eigenvalue weighted by atomic mass is 32.1. The van der Waals surface area contributed by atoms with Crippen LogP contribution in [0.1, 0.15) is 15.2 Å². The van der Waals surface area contributed by atoms with Crippen LogP contribution in [0.4, 0.5) is 5.69 Å². The number of nitrogens with one attached hydrogen (secondary N) is 1. The first kappa shape index (κ1) is 15.9. The molecule has 0 saturated heterocycles. The summed E-state index contributed by atoms with van der Waals surface area (Å²) in [4.78, 5) is 28.7. The van der Waals surface area contributed by atoms with Crippen LogP contribution in [0.3, 0.4) is 0 Å². The van der Waals surface area contributed by atoms with Crippen molar-refractivity contribution < 1.29 is 14.3 Å². The first-order valence-electron chi connectivity index (χ1n) is 7.22. The van der Waals surface area contributed by atoms with Crippen molar-refractivity contribution in [3.05, 3.63) is 65.4 Å². The third-order valence-electron chi connectivity index (χ3n) is 3.29. The molecule has 0 aliphatic carbocycles. The molecule has 0 aliphatic rings. The number of amides is 1. The molecule has 0 radical (unpaired) electrons. The summed E-state index contributed by atoms with van der Waals surface area (Å²) < 4.78 is 6.54. The predicted molar refractivity (Wildman–Crippen MR) is 91.6 cm³/mol. The van der Waals surface area contributed by atoms with Crippen molar-refractivity contribution in [2.75, 3.05) is 12.4 Å². The van der Waals surface area contributed by atoms with Gasteiger partial charge in [0.25, 0.3) is 0 Å². The fraction of sp³-hybridized carbons (Fsp3) is 0.118. The van der Waals surface area contributed by atoms with Crippen molar-refractivity contribution in [1.82, 2.24) is 9.55 Å². The van der Waals surface area contributed by atoms with Crippen LogP contribution < -0.4 is 5.32 Å². The second-order valence-electron chi connectivity index (χ2n) is 4.99. The Labute approximate surface area is 142 Å². The summed E-state index contributed by atoms with van der Waals surface area (Å²) in [5.41, 5.74) is 1.07. The zero-order chi connectivity index (χ0) is 16.9. The second kappa shape index (κ2) is 7.10. The Bertz CT molecular complexity index is 838. The van der Waals surface area contributed by atoms with Crippen LogP contribution in [0, 0.1) is 0 Å². The van der Waals surface area contributed by atoms with Crippen LogP contribution in [-0.2, 0) is 16.0 Å². The van der Waals surface area contributed by atoms with E-state index < -0.39 is 5.97 Å². The molecule has 3 rings (SSSR count). The Hall–Kier alpha value is -2.93. The van der Waals surface area contributed by atoms with E-state index in [1.807, 2.05) is 29.1 Å². The van der Waals surface area contributed by atoms with Crippen LogP contribution in [-0.4, -0.2) is 28.5 Å². The summed E-state index contributed by atoms with van der Waals surface area (Å²) in [6, 6.07) is 10.4. The number of ether oxygens (including phenoxy) is 1. The van der Waals surface area contributed by atoms with Gasteiger partial charge in [0, 0.05) is 29.2 Å². The molecule has 0 aliphatic heterocycles. The monoisotopic (exact) mass is 341 g/mol. The van der Waals surface area contributed by atoms with E-state index >= 15 is 0 Å². The van der Waals surface area contributed by atoms with E-state index in [2.05, 4.69) is 15.0 Å². The van der Waals surface area contributed by atoms with E-state index in [4.69, 9.17) is 0 Å². The van der Waals surface area contributed by atoms with Crippen molar-refractivity contribution in [2.24, 2.45) is 0 Å². The summed E-state index contributed by atoms with van der Waals surface area (Å²) in [6.45, 7) is 0. The minimum Gasteiger partial charge on any atom is -0.465 e. The number of anilines is 1. The van der Waals surface area contributed by atoms with Gasteiger partial charge in [0.2, 0.25) is 5.91 Å². The average Bonchev–Trinajstić information content (AvgIpc) is 3.26. The average molecular weight is 341 g/mol. The number of hydrogen-bond donors (Lipinski definition) is 1. The smallest absolute Gasteiger partial charge is 0.337 e. The summed E-state index contributed by atoms with van der Waals surface area (Å²) in [6.07, 6.45) is 5.77. The lowest BCUT2D eigenvalue weighted by Crippen LogP contribution is -2.13. The van der Waals surface area contributed by atoms with Crippen LogP contribution in [0.2, 0.25) is 0 Å². The zero-order valence-corrected chi connectivity index (χ0v) is 13.7. The maximum Gasteiger partial charge on any atom is 0.337 e. The third kappa shape index (κ3) is 3.69. The minimum atomic E-state index is -0.407. The van der Waals surface area contributed by atoms with Crippen LogP contribution in [0.5, 0.6) is 0 Å². The van der Waals surface area contributed by atoms with Crippen LogP contribution in [0.25, 0.3) is 5.13 Å². The van der Waals surface area contributed by atoms with Gasteiger partial charge in [0.15, 0.2) is 5.13 Å². The molecular formula is C17H15N3O3S. The van der Waals surface area contributed by atoms with Gasteiger partial charge in [0.05, 0.1) is 19.1 Å². The van der Waals surface area contributed by atoms with Gasteiger partial charge in [-0.15, -0.1) is 11.3 Å². The highest BCUT2D eigenvalue weighted by Crippen LogP contribution is 2.18. The number of esters is 1. The van der Waals surface area contributed by atoms with Gasteiger partial charge in [-0.1, -0.05) is 0 Å². The van der Waals surface area contributed by atoms with Gasteiger partial charge in [-0.25, -0.2) is 9.78 Å². The minimum absolute atomic E-state index is 0.136. The second-order valence-corrected chi connectivity index (χ2v) is 6.09. The first-order valence-corrected chi connectivity index (χ1v) is 8.03.